The molecule has 190 valence electrons. The van der Waals surface area contributed by atoms with Gasteiger partial charge < -0.3 is 19.5 Å². The Morgan fingerprint density at radius 1 is 1.05 bits per heavy atom. The van der Waals surface area contributed by atoms with E-state index in [4.69, 9.17) is 9.47 Å². The number of aromatic nitrogens is 3. The SMILES string of the molecule is COc1ccc(CCn2cc([C@H]3CCN(C(=O)O)C[C@@H]3OC(=O)c3ccc4ccccc4c3)nn2)cc1. The summed E-state index contributed by atoms with van der Waals surface area (Å²) < 4.78 is 12.9. The number of hydrogen-bond donors (Lipinski definition) is 1. The number of amides is 1. The number of ether oxygens (including phenoxy) is 2. The van der Waals surface area contributed by atoms with Gasteiger partial charge in [-0.25, -0.2) is 9.59 Å². The summed E-state index contributed by atoms with van der Waals surface area (Å²) in [4.78, 5) is 26.0. The van der Waals surface area contributed by atoms with Crippen LogP contribution >= 0.6 is 0 Å². The molecular weight excluding hydrogens is 472 g/mol. The van der Waals surface area contributed by atoms with Crippen LogP contribution in [0.3, 0.4) is 0 Å². The maximum Gasteiger partial charge on any atom is 0.407 e. The molecule has 2 atom stereocenters. The zero-order chi connectivity index (χ0) is 25.8. The van der Waals surface area contributed by atoms with E-state index in [0.717, 1.165) is 28.5 Å². The second kappa shape index (κ2) is 10.7. The molecule has 1 fully saturated rings. The molecule has 37 heavy (non-hydrogen) atoms. The molecule has 1 saturated heterocycles. The van der Waals surface area contributed by atoms with Crippen LogP contribution in [0, 0.1) is 0 Å². The van der Waals surface area contributed by atoms with Crippen LogP contribution in [0.25, 0.3) is 10.8 Å². The lowest BCUT2D eigenvalue weighted by molar-refractivity contribution is -0.000592. The Morgan fingerprint density at radius 2 is 1.84 bits per heavy atom. The monoisotopic (exact) mass is 500 g/mol. The molecule has 0 radical (unpaired) electrons. The van der Waals surface area contributed by atoms with Crippen LogP contribution in [-0.4, -0.2) is 63.4 Å². The van der Waals surface area contributed by atoms with E-state index >= 15 is 0 Å². The predicted molar refractivity (Wildman–Crippen MR) is 137 cm³/mol. The van der Waals surface area contributed by atoms with Crippen molar-refractivity contribution in [2.45, 2.75) is 31.4 Å². The van der Waals surface area contributed by atoms with E-state index in [9.17, 15) is 14.7 Å². The fourth-order valence-corrected chi connectivity index (χ4v) is 4.70. The van der Waals surface area contributed by atoms with Crippen LogP contribution in [0.4, 0.5) is 4.79 Å². The van der Waals surface area contributed by atoms with Crippen LogP contribution in [0.5, 0.6) is 5.75 Å². The van der Waals surface area contributed by atoms with E-state index in [0.29, 0.717) is 30.8 Å². The smallest absolute Gasteiger partial charge is 0.407 e. The number of likely N-dealkylation sites (tertiary alicyclic amines) is 1. The predicted octanol–water partition coefficient (Wildman–Crippen LogP) is 4.38. The highest BCUT2D eigenvalue weighted by molar-refractivity contribution is 5.95. The third kappa shape index (κ3) is 5.55. The van der Waals surface area contributed by atoms with E-state index in [2.05, 4.69) is 10.3 Å². The van der Waals surface area contributed by atoms with Crippen molar-refractivity contribution in [3.8, 4) is 5.75 Å². The summed E-state index contributed by atoms with van der Waals surface area (Å²) >= 11 is 0. The number of piperidine rings is 1. The fourth-order valence-electron chi connectivity index (χ4n) is 4.70. The van der Waals surface area contributed by atoms with Crippen molar-refractivity contribution in [1.29, 1.82) is 0 Å². The maximum absolute atomic E-state index is 13.1. The molecule has 1 N–H and O–H groups in total. The molecule has 9 heteroatoms. The standard InChI is InChI=1S/C28H28N4O5/c1-36-23-10-6-19(7-11-23)12-15-32-17-25(29-30-32)24-13-14-31(28(34)35)18-26(24)37-27(33)22-9-8-20-4-2-3-5-21(20)16-22/h2-11,16-17,24,26H,12-15,18H2,1H3,(H,34,35)/t24-,26+/m1/s1. The molecule has 0 aliphatic carbocycles. The summed E-state index contributed by atoms with van der Waals surface area (Å²) in [7, 11) is 1.64. The summed E-state index contributed by atoms with van der Waals surface area (Å²) in [6.45, 7) is 1.05. The lowest BCUT2D eigenvalue weighted by Crippen LogP contribution is -2.47. The summed E-state index contributed by atoms with van der Waals surface area (Å²) in [6.07, 6.45) is 1.41. The van der Waals surface area contributed by atoms with Gasteiger partial charge >= 0.3 is 12.1 Å². The first-order valence-corrected chi connectivity index (χ1v) is 12.2. The van der Waals surface area contributed by atoms with Gasteiger partial charge in [-0.05, 0) is 53.4 Å². The zero-order valence-corrected chi connectivity index (χ0v) is 20.5. The van der Waals surface area contributed by atoms with Crippen molar-refractivity contribution >= 4 is 22.8 Å². The minimum Gasteiger partial charge on any atom is -0.497 e. The molecule has 1 amide bonds. The van der Waals surface area contributed by atoms with Gasteiger partial charge in [0.25, 0.3) is 0 Å². The van der Waals surface area contributed by atoms with Crippen molar-refractivity contribution in [3.05, 3.63) is 89.7 Å². The topological polar surface area (TPSA) is 107 Å². The van der Waals surface area contributed by atoms with Crippen molar-refractivity contribution in [2.75, 3.05) is 20.2 Å². The van der Waals surface area contributed by atoms with E-state index in [1.807, 2.05) is 60.8 Å². The summed E-state index contributed by atoms with van der Waals surface area (Å²) in [5.74, 6) is 0.0680. The average molecular weight is 501 g/mol. The number of carbonyl (C=O) groups excluding carboxylic acids is 1. The second-order valence-corrected chi connectivity index (χ2v) is 9.13. The number of benzene rings is 3. The first kappa shape index (κ1) is 24.3. The number of carbonyl (C=O) groups is 2. The van der Waals surface area contributed by atoms with E-state index in [1.165, 1.54) is 4.90 Å². The van der Waals surface area contributed by atoms with Crippen LogP contribution in [0.2, 0.25) is 0 Å². The normalized spacial score (nSPS) is 17.5. The number of esters is 1. The molecule has 1 aliphatic rings. The molecule has 0 spiro atoms. The molecule has 0 bridgehead atoms. The van der Waals surface area contributed by atoms with Gasteiger partial charge in [0, 0.05) is 25.2 Å². The summed E-state index contributed by atoms with van der Waals surface area (Å²) in [5, 5.41) is 20.1. The van der Waals surface area contributed by atoms with Crippen LogP contribution in [0.1, 0.15) is 34.0 Å². The van der Waals surface area contributed by atoms with Crippen molar-refractivity contribution < 1.29 is 24.2 Å². The molecule has 9 nitrogen and oxygen atoms in total. The van der Waals surface area contributed by atoms with Crippen LogP contribution in [-0.2, 0) is 17.7 Å². The summed E-state index contributed by atoms with van der Waals surface area (Å²) in [6, 6.07) is 21.0. The number of methoxy groups -OCH3 is 1. The highest BCUT2D eigenvalue weighted by Gasteiger charge is 2.37. The Kier molecular flexibility index (Phi) is 7.02. The molecule has 2 heterocycles. The van der Waals surface area contributed by atoms with Crippen LogP contribution in [0.15, 0.2) is 72.9 Å². The van der Waals surface area contributed by atoms with E-state index in [1.54, 1.807) is 23.9 Å². The number of carboxylic acid groups (broad SMARTS) is 1. The van der Waals surface area contributed by atoms with Crippen molar-refractivity contribution in [2.24, 2.45) is 0 Å². The number of hydrogen-bond acceptors (Lipinski definition) is 6. The molecule has 1 aromatic heterocycles. The lowest BCUT2D eigenvalue weighted by Gasteiger charge is -2.35. The Balaban J connectivity index is 1.30. The highest BCUT2D eigenvalue weighted by Crippen LogP contribution is 2.30. The van der Waals surface area contributed by atoms with Gasteiger partial charge in [-0.1, -0.05) is 47.7 Å². The molecule has 3 aromatic carbocycles. The van der Waals surface area contributed by atoms with Crippen molar-refractivity contribution in [3.63, 3.8) is 0 Å². The maximum atomic E-state index is 13.1. The van der Waals surface area contributed by atoms with Gasteiger partial charge in [-0.15, -0.1) is 5.10 Å². The highest BCUT2D eigenvalue weighted by atomic mass is 16.5. The Morgan fingerprint density at radius 3 is 2.59 bits per heavy atom. The van der Waals surface area contributed by atoms with Crippen LogP contribution < -0.4 is 4.74 Å². The molecular formula is C28H28N4O5. The number of rotatable bonds is 7. The molecule has 5 rings (SSSR count). The Labute approximate surface area is 214 Å². The van der Waals surface area contributed by atoms with E-state index in [-0.39, 0.29) is 12.5 Å². The second-order valence-electron chi connectivity index (χ2n) is 9.13. The Bertz CT molecular complexity index is 1400. The average Bonchev–Trinajstić information content (AvgIpc) is 3.40. The van der Waals surface area contributed by atoms with Gasteiger partial charge in [0.05, 0.1) is 24.9 Å². The Hall–Kier alpha value is -4.40. The first-order chi connectivity index (χ1) is 18.0. The minimum absolute atomic E-state index is 0.0814. The van der Waals surface area contributed by atoms with Gasteiger partial charge in [0.2, 0.25) is 0 Å². The fraction of sp³-hybridized carbons (Fsp3) is 0.286. The molecule has 0 saturated carbocycles. The zero-order valence-electron chi connectivity index (χ0n) is 20.5. The van der Waals surface area contributed by atoms with Gasteiger partial charge in [-0.3, -0.25) is 4.68 Å². The lowest BCUT2D eigenvalue weighted by atomic mass is 9.91. The van der Waals surface area contributed by atoms with Gasteiger partial charge in [0.1, 0.15) is 11.9 Å². The first-order valence-electron chi connectivity index (χ1n) is 12.2. The third-order valence-corrected chi connectivity index (χ3v) is 6.80. The quantitative estimate of drug-likeness (QED) is 0.376. The van der Waals surface area contributed by atoms with Crippen molar-refractivity contribution in [1.82, 2.24) is 19.9 Å². The molecule has 0 unspecified atom stereocenters. The summed E-state index contributed by atoms with van der Waals surface area (Å²) in [5.41, 5.74) is 2.26. The largest absolute Gasteiger partial charge is 0.497 e. The molecule has 1 aliphatic heterocycles. The van der Waals surface area contributed by atoms with E-state index < -0.39 is 18.2 Å². The third-order valence-electron chi connectivity index (χ3n) is 6.80. The van der Waals surface area contributed by atoms with Gasteiger partial charge in [-0.2, -0.15) is 0 Å². The molecule has 4 aromatic rings. The number of nitrogens with zero attached hydrogens (tertiary/aromatic N) is 4. The number of aryl methyl sites for hydroxylation is 2. The van der Waals surface area contributed by atoms with Gasteiger partial charge in [0.15, 0.2) is 0 Å². The minimum atomic E-state index is -1.03. The number of fused-ring (bicyclic) bond motifs is 1.